The smallest absolute Gasteiger partial charge is 0.411 e. The van der Waals surface area contributed by atoms with Crippen molar-refractivity contribution >= 4 is 52.6 Å². The van der Waals surface area contributed by atoms with Crippen molar-refractivity contribution < 1.29 is 38.6 Å². The topological polar surface area (TPSA) is 199 Å². The number of amides is 5. The molecule has 0 unspecified atom stereocenters. The average Bonchev–Trinajstić information content (AvgIpc) is 3.44. The van der Waals surface area contributed by atoms with Gasteiger partial charge < -0.3 is 31.1 Å². The monoisotopic (exact) mass is 1060 g/mol. The Labute approximate surface area is 461 Å². The van der Waals surface area contributed by atoms with Crippen molar-refractivity contribution in [2.75, 3.05) is 55.2 Å². The number of piperidine rings is 2. The highest BCUT2D eigenvalue weighted by Crippen LogP contribution is 2.32. The van der Waals surface area contributed by atoms with Gasteiger partial charge in [0.15, 0.2) is 17.3 Å². The van der Waals surface area contributed by atoms with Crippen molar-refractivity contribution in [2.45, 2.75) is 123 Å². The van der Waals surface area contributed by atoms with Crippen LogP contribution in [0.5, 0.6) is 0 Å². The zero-order valence-electron chi connectivity index (χ0n) is 46.2. The Morgan fingerprint density at radius 3 is 1.36 bits per heavy atom. The number of aliphatic hydroxyl groups is 1. The lowest BCUT2D eigenvalue weighted by molar-refractivity contribution is -0.00131. The number of hydrogen-bond acceptors (Lipinski definition) is 10. The van der Waals surface area contributed by atoms with Gasteiger partial charge in [-0.15, -0.1) is 0 Å². The zero-order chi connectivity index (χ0) is 55.8. The number of hydrogen-bond donors (Lipinski definition) is 6. The lowest BCUT2D eigenvalue weighted by Gasteiger charge is -2.43. The van der Waals surface area contributed by atoms with Gasteiger partial charge in [0.05, 0.1) is 6.10 Å². The molecule has 2 aliphatic rings. The molecule has 2 fully saturated rings. The second-order valence-corrected chi connectivity index (χ2v) is 20.7. The first-order valence-corrected chi connectivity index (χ1v) is 27.8. The summed E-state index contributed by atoms with van der Waals surface area (Å²) in [5.74, 6) is 0.876. The van der Waals surface area contributed by atoms with Gasteiger partial charge in [0.25, 0.3) is 0 Å². The van der Waals surface area contributed by atoms with E-state index < -0.39 is 6.09 Å². The van der Waals surface area contributed by atoms with E-state index in [0.29, 0.717) is 65.1 Å². The quantitative estimate of drug-likeness (QED) is 0.0270. The molecule has 5 aromatic carbocycles. The Balaban J connectivity index is 0.000000265. The van der Waals surface area contributed by atoms with Crippen LogP contribution < -0.4 is 26.6 Å². The Morgan fingerprint density at radius 2 is 0.949 bits per heavy atom. The molecule has 2 saturated heterocycles. The first kappa shape index (κ1) is 60.0. The summed E-state index contributed by atoms with van der Waals surface area (Å²) in [6.07, 6.45) is 7.83. The van der Waals surface area contributed by atoms with E-state index in [9.17, 15) is 33.9 Å². The third kappa shape index (κ3) is 19.7. The van der Waals surface area contributed by atoms with Crippen molar-refractivity contribution in [1.82, 2.24) is 20.4 Å². The van der Waals surface area contributed by atoms with Crippen LogP contribution in [0.25, 0.3) is 0 Å². The van der Waals surface area contributed by atoms with Crippen molar-refractivity contribution in [3.63, 3.8) is 0 Å². The lowest BCUT2D eigenvalue weighted by Crippen LogP contribution is -2.51. The highest BCUT2D eigenvalue weighted by molar-refractivity contribution is 5.98. The number of urea groups is 2. The molecular weight excluding hydrogens is 983 g/mol. The van der Waals surface area contributed by atoms with Gasteiger partial charge in [-0.3, -0.25) is 29.5 Å². The summed E-state index contributed by atoms with van der Waals surface area (Å²) < 4.78 is 6.03. The molecular formula is C63H81N7O8. The largest absolute Gasteiger partial charge is 0.444 e. The summed E-state index contributed by atoms with van der Waals surface area (Å²) in [4.78, 5) is 77.5. The van der Waals surface area contributed by atoms with Crippen LogP contribution in [0.3, 0.4) is 0 Å². The van der Waals surface area contributed by atoms with Crippen LogP contribution in [-0.4, -0.2) is 114 Å². The summed E-state index contributed by atoms with van der Waals surface area (Å²) in [7, 11) is 0. The maximum absolute atomic E-state index is 13.0. The van der Waals surface area contributed by atoms with Gasteiger partial charge in [0.2, 0.25) is 0 Å². The molecule has 0 radical (unpaired) electrons. The third-order valence-corrected chi connectivity index (χ3v) is 14.8. The Bertz CT molecular complexity index is 2720. The number of carbonyl (C=O) groups excluding carboxylic acids is 6. The van der Waals surface area contributed by atoms with E-state index in [4.69, 9.17) is 4.74 Å². The molecule has 6 atom stereocenters. The number of rotatable bonds is 23. The molecule has 0 bridgehead atoms. The Morgan fingerprint density at radius 1 is 0.538 bits per heavy atom. The third-order valence-electron chi connectivity index (χ3n) is 14.8. The minimum Gasteiger partial charge on any atom is -0.444 e. The first-order chi connectivity index (χ1) is 37.7. The number of ketones is 3. The minimum atomic E-state index is -0.542. The predicted octanol–water partition coefficient (Wildman–Crippen LogP) is 11.4. The number of ether oxygens (including phenoxy) is 1. The molecule has 6 N–H and O–H groups in total. The van der Waals surface area contributed by atoms with Crippen LogP contribution >= 0.6 is 0 Å². The fourth-order valence-corrected chi connectivity index (χ4v) is 10.6. The summed E-state index contributed by atoms with van der Waals surface area (Å²) in [5.41, 5.74) is 5.99. The standard InChI is InChI=1S/C36H44N4O5.C27H37N3O3/c1-4-34(45-36(44)39-32-16-9-14-30(24-32)26(3)42)33-22-28(21-27-11-6-5-7-12-27)17-20-40(33)19-10-18-37-35(43)38-31-15-8-13-29(23-31)25(2)41;1-3-26(32)25-18-22(17-21-9-5-4-6-10-21)13-16-30(25)15-8-14-28-27(33)29-24-12-7-11-23(19-24)20(2)31/h5-9,11-16,23-24,28,33-34H,4,10,17-22H2,1-3H3,(H,39,44)(H2,37,38,43);4-7,9-12,19,22,25-26,32H,3,8,13-18H2,1-2H3,(H2,28,29,33)/t28-,33-,34+;22-,25-,26+/m11/s1. The molecule has 15 nitrogen and oxygen atoms in total. The fourth-order valence-electron chi connectivity index (χ4n) is 10.6. The number of aliphatic hydroxyl groups excluding tert-OH is 1. The fraction of sp³-hybridized carbons (Fsp3) is 0.429. The summed E-state index contributed by atoms with van der Waals surface area (Å²) in [5, 5.41) is 24.8. The van der Waals surface area contributed by atoms with E-state index in [1.807, 2.05) is 26.0 Å². The van der Waals surface area contributed by atoms with Crippen LogP contribution in [-0.2, 0) is 17.6 Å². The number of benzene rings is 5. The van der Waals surface area contributed by atoms with Crippen molar-refractivity contribution in [1.29, 1.82) is 0 Å². The van der Waals surface area contributed by atoms with E-state index in [-0.39, 0.29) is 53.7 Å². The molecule has 7 rings (SSSR count). The highest BCUT2D eigenvalue weighted by Gasteiger charge is 2.36. The van der Waals surface area contributed by atoms with Crippen LogP contribution in [0.4, 0.5) is 31.4 Å². The molecule has 5 aromatic rings. The Hall–Kier alpha value is -7.20. The second-order valence-electron chi connectivity index (χ2n) is 20.7. The average molecular weight is 1060 g/mol. The molecule has 15 heteroatoms. The molecule has 78 heavy (non-hydrogen) atoms. The van der Waals surface area contributed by atoms with Crippen molar-refractivity contribution in [3.05, 3.63) is 161 Å². The van der Waals surface area contributed by atoms with Gasteiger partial charge >= 0.3 is 18.2 Å². The zero-order valence-corrected chi connectivity index (χ0v) is 46.2. The number of Topliss-reactive ketones (excluding diaryl/α,β-unsaturated/α-hetero) is 3. The molecule has 0 aromatic heterocycles. The first-order valence-electron chi connectivity index (χ1n) is 27.8. The van der Waals surface area contributed by atoms with Crippen LogP contribution in [0.2, 0.25) is 0 Å². The van der Waals surface area contributed by atoms with Gasteiger partial charge in [-0.25, -0.2) is 14.4 Å². The van der Waals surface area contributed by atoms with E-state index in [2.05, 4.69) is 84.9 Å². The van der Waals surface area contributed by atoms with Crippen LogP contribution in [0.1, 0.15) is 128 Å². The van der Waals surface area contributed by atoms with E-state index >= 15 is 0 Å². The molecule has 0 spiro atoms. The summed E-state index contributed by atoms with van der Waals surface area (Å²) >= 11 is 0. The normalized spacial score (nSPS) is 18.2. The summed E-state index contributed by atoms with van der Waals surface area (Å²) in [6, 6.07) is 41.3. The SMILES string of the molecule is CC[C@H](O)[C@H]1C[C@@H](Cc2ccccc2)CCN1CCCNC(=O)Nc1cccc(C(C)=O)c1.CC[C@H](OC(=O)Nc1cccc(C(C)=O)c1)[C@H]1C[C@@H](Cc2ccccc2)CCN1CCCNC(=O)Nc1cccc(C(C)=O)c1. The van der Waals surface area contributed by atoms with Crippen LogP contribution in [0, 0.1) is 11.8 Å². The second kappa shape index (κ2) is 31.3. The minimum absolute atomic E-state index is 0.0231. The van der Waals surface area contributed by atoms with Gasteiger partial charge in [0.1, 0.15) is 6.10 Å². The van der Waals surface area contributed by atoms with Crippen molar-refractivity contribution in [2.24, 2.45) is 11.8 Å². The number of likely N-dealkylation sites (tertiary alicyclic amines) is 2. The molecule has 5 amide bonds. The van der Waals surface area contributed by atoms with Gasteiger partial charge in [-0.2, -0.15) is 0 Å². The van der Waals surface area contributed by atoms with E-state index in [0.717, 1.165) is 84.0 Å². The molecule has 0 saturated carbocycles. The number of nitrogens with zero attached hydrogens (tertiary/aromatic N) is 2. The van der Waals surface area contributed by atoms with Crippen molar-refractivity contribution in [3.8, 4) is 0 Å². The molecule has 2 aliphatic heterocycles. The van der Waals surface area contributed by atoms with Crippen LogP contribution in [0.15, 0.2) is 133 Å². The molecule has 2 heterocycles. The number of carbonyl (C=O) groups is 6. The maximum atomic E-state index is 13.0. The van der Waals surface area contributed by atoms with Gasteiger partial charge in [-0.05, 0) is 157 Å². The maximum Gasteiger partial charge on any atom is 0.411 e. The predicted molar refractivity (Wildman–Crippen MR) is 310 cm³/mol. The highest BCUT2D eigenvalue weighted by atomic mass is 16.6. The summed E-state index contributed by atoms with van der Waals surface area (Å²) in [6.45, 7) is 13.0. The Kier molecular flexibility index (Phi) is 24.1. The molecule has 0 aliphatic carbocycles. The van der Waals surface area contributed by atoms with Gasteiger partial charge in [0, 0.05) is 72.0 Å². The van der Waals surface area contributed by atoms with Gasteiger partial charge in [-0.1, -0.05) is 111 Å². The lowest BCUT2D eigenvalue weighted by atomic mass is 9.83. The van der Waals surface area contributed by atoms with E-state index in [1.165, 1.54) is 31.9 Å². The van der Waals surface area contributed by atoms with E-state index in [1.54, 1.807) is 72.8 Å². The number of anilines is 3. The molecule has 416 valence electrons. The number of nitrogens with one attached hydrogen (secondary N) is 5.